The molecule has 0 aliphatic rings. The van der Waals surface area contributed by atoms with Crippen molar-refractivity contribution in [2.24, 2.45) is 10.9 Å². The van der Waals surface area contributed by atoms with Gasteiger partial charge in [-0.1, -0.05) is 22.6 Å². The van der Waals surface area contributed by atoms with Gasteiger partial charge in [-0.3, -0.25) is 0 Å². The topological polar surface area (TPSA) is 50.4 Å². The van der Waals surface area contributed by atoms with Crippen molar-refractivity contribution in [3.8, 4) is 0 Å². The maximum atomic E-state index is 4.86. The van der Waals surface area contributed by atoms with Gasteiger partial charge in [0.2, 0.25) is 0 Å². The summed E-state index contributed by atoms with van der Waals surface area (Å²) in [5.41, 5.74) is 3.20. The molecule has 0 rings (SSSR count). The molecule has 0 saturated heterocycles. The van der Waals surface area contributed by atoms with Crippen molar-refractivity contribution in [1.29, 1.82) is 0 Å². The largest absolute Gasteiger partial charge is 0.246 e. The molecule has 3 nitrogen and oxygen atoms in total. The van der Waals surface area contributed by atoms with Gasteiger partial charge < -0.3 is 0 Å². The quantitative estimate of drug-likeness (QED) is 0.227. The number of hydrazone groups is 1. The molecule has 0 saturated carbocycles. The van der Waals surface area contributed by atoms with Gasteiger partial charge in [0.05, 0.1) is 0 Å². The Morgan fingerprint density at radius 3 is 2.71 bits per heavy atom. The monoisotopic (exact) mass is 213 g/mol. The number of hydrogen-bond donors (Lipinski definition) is 2. The lowest BCUT2D eigenvalue weighted by Gasteiger charge is -1.89. The molecule has 3 N–H and O–H groups in total. The first-order chi connectivity index (χ1) is 3.31. The zero-order chi connectivity index (χ0) is 5.70. The summed E-state index contributed by atoms with van der Waals surface area (Å²) in [5.74, 6) is 4.86. The van der Waals surface area contributed by atoms with E-state index in [0.29, 0.717) is 0 Å². The van der Waals surface area contributed by atoms with Gasteiger partial charge in [-0.25, -0.2) is 11.4 Å². The van der Waals surface area contributed by atoms with Crippen LogP contribution in [0.2, 0.25) is 0 Å². The summed E-state index contributed by atoms with van der Waals surface area (Å²) >= 11 is 2.21. The SMILES string of the molecule is C/C(CI)=N/NN. The third kappa shape index (κ3) is 4.00. The summed E-state index contributed by atoms with van der Waals surface area (Å²) < 4.78 is 0.919. The van der Waals surface area contributed by atoms with Crippen LogP contribution in [0.5, 0.6) is 0 Å². The van der Waals surface area contributed by atoms with E-state index in [1.54, 1.807) is 0 Å². The molecule has 0 spiro atoms. The van der Waals surface area contributed by atoms with Crippen LogP contribution in [0.4, 0.5) is 0 Å². The Balaban J connectivity index is 3.29. The third-order valence-electron chi connectivity index (χ3n) is 0.449. The minimum absolute atomic E-state index is 0.919. The first-order valence-electron chi connectivity index (χ1n) is 1.86. The molecule has 0 atom stereocenters. The second-order valence-electron chi connectivity index (χ2n) is 1.11. The number of alkyl halides is 1. The first-order valence-corrected chi connectivity index (χ1v) is 3.38. The van der Waals surface area contributed by atoms with E-state index in [4.69, 9.17) is 5.84 Å². The molecule has 0 fully saturated rings. The maximum absolute atomic E-state index is 4.86. The minimum Gasteiger partial charge on any atom is -0.246 e. The van der Waals surface area contributed by atoms with E-state index >= 15 is 0 Å². The van der Waals surface area contributed by atoms with Gasteiger partial charge in [0.25, 0.3) is 0 Å². The zero-order valence-corrected chi connectivity index (χ0v) is 6.27. The molecule has 0 heterocycles. The number of hydrogen-bond acceptors (Lipinski definition) is 3. The van der Waals surface area contributed by atoms with Crippen LogP contribution in [0.25, 0.3) is 0 Å². The van der Waals surface area contributed by atoms with Crippen molar-refractivity contribution in [1.82, 2.24) is 5.53 Å². The second kappa shape index (κ2) is 4.32. The number of halogens is 1. The summed E-state index contributed by atoms with van der Waals surface area (Å²) in [6, 6.07) is 0. The van der Waals surface area contributed by atoms with E-state index in [9.17, 15) is 0 Å². The van der Waals surface area contributed by atoms with E-state index in [0.717, 1.165) is 10.1 Å². The smallest absolute Gasteiger partial charge is 0.0460 e. The van der Waals surface area contributed by atoms with Crippen LogP contribution in [0.15, 0.2) is 5.10 Å². The Morgan fingerprint density at radius 2 is 2.57 bits per heavy atom. The lowest BCUT2D eigenvalue weighted by Crippen LogP contribution is -2.16. The van der Waals surface area contributed by atoms with Crippen molar-refractivity contribution in [3.63, 3.8) is 0 Å². The van der Waals surface area contributed by atoms with E-state index < -0.39 is 0 Å². The van der Waals surface area contributed by atoms with Gasteiger partial charge in [-0.05, 0) is 6.92 Å². The highest BCUT2D eigenvalue weighted by atomic mass is 127. The van der Waals surface area contributed by atoms with Gasteiger partial charge in [-0.2, -0.15) is 5.10 Å². The van der Waals surface area contributed by atoms with Crippen molar-refractivity contribution >= 4 is 28.3 Å². The van der Waals surface area contributed by atoms with E-state index in [1.165, 1.54) is 0 Å². The highest BCUT2D eigenvalue weighted by Gasteiger charge is 1.80. The number of nitrogens with zero attached hydrogens (tertiary/aromatic N) is 1. The zero-order valence-electron chi connectivity index (χ0n) is 4.11. The van der Waals surface area contributed by atoms with Gasteiger partial charge in [0, 0.05) is 10.1 Å². The predicted octanol–water partition coefficient (Wildman–Crippen LogP) is 0.261. The highest BCUT2D eigenvalue weighted by Crippen LogP contribution is 1.82. The number of rotatable bonds is 2. The molecule has 0 amide bonds. The van der Waals surface area contributed by atoms with Gasteiger partial charge in [0.1, 0.15) is 0 Å². The maximum Gasteiger partial charge on any atom is 0.0460 e. The molecule has 0 aliphatic heterocycles. The molecule has 0 bridgehead atoms. The lowest BCUT2D eigenvalue weighted by molar-refractivity contribution is 0.804. The molecule has 0 radical (unpaired) electrons. The molecule has 0 aromatic rings. The molecular weight excluding hydrogens is 205 g/mol. The average molecular weight is 213 g/mol. The minimum atomic E-state index is 0.919. The molecule has 0 aromatic heterocycles. The third-order valence-corrected chi connectivity index (χ3v) is 1.55. The summed E-state index contributed by atoms with van der Waals surface area (Å²) in [7, 11) is 0. The lowest BCUT2D eigenvalue weighted by atomic mass is 10.5. The summed E-state index contributed by atoms with van der Waals surface area (Å²) in [5, 5.41) is 3.68. The van der Waals surface area contributed by atoms with Gasteiger partial charge >= 0.3 is 0 Å². The van der Waals surface area contributed by atoms with Crippen LogP contribution in [-0.4, -0.2) is 10.1 Å². The van der Waals surface area contributed by atoms with E-state index in [1.807, 2.05) is 6.92 Å². The first kappa shape index (κ1) is 7.16. The standard InChI is InChI=1S/C3H8IN3/c1-3(2-4)6-7-5/h7H,2,5H2,1H3/b6-3-. The van der Waals surface area contributed by atoms with Gasteiger partial charge in [0.15, 0.2) is 0 Å². The summed E-state index contributed by atoms with van der Waals surface area (Å²) in [6.07, 6.45) is 0. The van der Waals surface area contributed by atoms with Crippen molar-refractivity contribution in [3.05, 3.63) is 0 Å². The summed E-state index contributed by atoms with van der Waals surface area (Å²) in [6.45, 7) is 1.91. The molecule has 7 heavy (non-hydrogen) atoms. The van der Waals surface area contributed by atoms with Crippen molar-refractivity contribution in [2.45, 2.75) is 6.92 Å². The molecular formula is C3H8IN3. The molecule has 0 aromatic carbocycles. The predicted molar refractivity (Wildman–Crippen MR) is 39.3 cm³/mol. The second-order valence-corrected chi connectivity index (χ2v) is 1.87. The Kier molecular flexibility index (Phi) is 4.42. The molecule has 42 valence electrons. The number of nitrogens with one attached hydrogen (secondary N) is 1. The Bertz CT molecular complexity index is 70.6. The molecule has 0 aliphatic carbocycles. The van der Waals surface area contributed by atoms with E-state index in [-0.39, 0.29) is 0 Å². The average Bonchev–Trinajstić information content (AvgIpc) is 1.68. The number of nitrogens with two attached hydrogens (primary N) is 1. The van der Waals surface area contributed by atoms with E-state index in [2.05, 4.69) is 33.2 Å². The fourth-order valence-electron chi connectivity index (χ4n) is 0.140. The van der Waals surface area contributed by atoms with Crippen LogP contribution >= 0.6 is 22.6 Å². The molecule has 0 unspecified atom stereocenters. The highest BCUT2D eigenvalue weighted by molar-refractivity contribution is 14.1. The summed E-state index contributed by atoms with van der Waals surface area (Å²) in [4.78, 5) is 0. The Morgan fingerprint density at radius 1 is 2.00 bits per heavy atom. The number of hydrazine groups is 1. The van der Waals surface area contributed by atoms with Crippen LogP contribution in [0.3, 0.4) is 0 Å². The van der Waals surface area contributed by atoms with Gasteiger partial charge in [-0.15, -0.1) is 0 Å². The normalized spacial score (nSPS) is 11.6. The molecule has 4 heteroatoms. The fourth-order valence-corrected chi connectivity index (χ4v) is 0.311. The van der Waals surface area contributed by atoms with Crippen molar-refractivity contribution in [2.75, 3.05) is 4.43 Å². The Labute approximate surface area is 56.5 Å². The van der Waals surface area contributed by atoms with Crippen LogP contribution in [0.1, 0.15) is 6.92 Å². The fraction of sp³-hybridized carbons (Fsp3) is 0.667. The van der Waals surface area contributed by atoms with Crippen molar-refractivity contribution < 1.29 is 0 Å². The van der Waals surface area contributed by atoms with Crippen LogP contribution in [0, 0.1) is 0 Å². The van der Waals surface area contributed by atoms with Crippen LogP contribution in [-0.2, 0) is 0 Å². The Hall–Kier alpha value is 0.160. The van der Waals surface area contributed by atoms with Crippen LogP contribution < -0.4 is 11.4 Å².